The zero-order valence-corrected chi connectivity index (χ0v) is 18.7. The molecule has 28 heavy (non-hydrogen) atoms. The predicted octanol–water partition coefficient (Wildman–Crippen LogP) is 3.54. The molecule has 0 spiro atoms. The van der Waals surface area contributed by atoms with Crippen molar-refractivity contribution in [1.29, 1.82) is 5.26 Å². The molecule has 5 nitrogen and oxygen atoms in total. The molecule has 0 N–H and O–H groups in total. The van der Waals surface area contributed by atoms with E-state index in [4.69, 9.17) is 22.5 Å². The van der Waals surface area contributed by atoms with Crippen LogP contribution in [0.2, 0.25) is 0 Å². The van der Waals surface area contributed by atoms with E-state index in [9.17, 15) is 0 Å². The minimum atomic E-state index is -0.207. The van der Waals surface area contributed by atoms with Gasteiger partial charge in [-0.1, -0.05) is 26.1 Å². The average Bonchev–Trinajstić information content (AvgIpc) is 2.80. The average molecular weight is 398 g/mol. The van der Waals surface area contributed by atoms with Crippen LogP contribution in [-0.4, -0.2) is 65.4 Å². The third-order valence-corrected chi connectivity index (χ3v) is 6.23. The quantitative estimate of drug-likeness (QED) is 0.714. The number of aliphatic imine (C=N–C) groups is 1. The van der Waals surface area contributed by atoms with E-state index in [-0.39, 0.29) is 17.0 Å². The summed E-state index contributed by atoms with van der Waals surface area (Å²) in [5, 5.41) is 9.14. The Morgan fingerprint density at radius 3 is 2.18 bits per heavy atom. The molecule has 3 rings (SSSR count). The van der Waals surface area contributed by atoms with Crippen molar-refractivity contribution in [2.75, 3.05) is 38.1 Å². The molecule has 2 heterocycles. The number of hydrogen-bond donors (Lipinski definition) is 0. The van der Waals surface area contributed by atoms with Gasteiger partial charge in [-0.05, 0) is 52.1 Å². The summed E-state index contributed by atoms with van der Waals surface area (Å²) < 4.78 is 0. The Balaban J connectivity index is 2.09. The van der Waals surface area contributed by atoms with Gasteiger partial charge < -0.3 is 4.90 Å². The van der Waals surface area contributed by atoms with Gasteiger partial charge in [0, 0.05) is 37.3 Å². The Morgan fingerprint density at radius 2 is 1.68 bits per heavy atom. The number of piperazine rings is 1. The second kappa shape index (κ2) is 7.55. The molecular formula is C22H31N5S. The maximum absolute atomic E-state index is 9.14. The van der Waals surface area contributed by atoms with Crippen LogP contribution in [0.3, 0.4) is 0 Å². The summed E-state index contributed by atoms with van der Waals surface area (Å²) in [5.41, 5.74) is 1.22. The standard InChI is InChI=1S/C22H31N5S/c1-21(2,3)24-19-18(26-13-11-25(6)12-14-26)22(4,5)20(28)27(19)17-9-7-16(15-23)8-10-17/h7-10,18H,11-14H2,1-6H3. The number of likely N-dealkylation sites (N-methyl/N-ethyl adjacent to an activating group) is 1. The van der Waals surface area contributed by atoms with Crippen LogP contribution in [0.4, 0.5) is 5.69 Å². The van der Waals surface area contributed by atoms with Gasteiger partial charge in [0.25, 0.3) is 0 Å². The van der Waals surface area contributed by atoms with Crippen molar-refractivity contribution >= 4 is 28.7 Å². The lowest BCUT2D eigenvalue weighted by atomic mass is 9.85. The molecule has 1 aromatic carbocycles. The normalized spacial score (nSPS) is 25.3. The van der Waals surface area contributed by atoms with E-state index in [1.54, 1.807) is 0 Å². The van der Waals surface area contributed by atoms with Crippen LogP contribution >= 0.6 is 12.2 Å². The summed E-state index contributed by atoms with van der Waals surface area (Å²) >= 11 is 6.00. The molecule has 2 saturated heterocycles. The van der Waals surface area contributed by atoms with Gasteiger partial charge >= 0.3 is 0 Å². The van der Waals surface area contributed by atoms with Crippen LogP contribution < -0.4 is 4.90 Å². The number of anilines is 1. The summed E-state index contributed by atoms with van der Waals surface area (Å²) in [6.45, 7) is 15.0. The molecule has 0 radical (unpaired) electrons. The summed E-state index contributed by atoms with van der Waals surface area (Å²) in [6, 6.07) is 9.99. The maximum atomic E-state index is 9.14. The Kier molecular flexibility index (Phi) is 5.64. The highest BCUT2D eigenvalue weighted by molar-refractivity contribution is 7.80. The third-order valence-electron chi connectivity index (χ3n) is 5.52. The van der Waals surface area contributed by atoms with Gasteiger partial charge in [0.05, 0.1) is 28.2 Å². The summed E-state index contributed by atoms with van der Waals surface area (Å²) in [6.07, 6.45) is 0. The SMILES string of the molecule is CN1CCN(C2C(=NC(C)(C)C)N(c3ccc(C#N)cc3)C(=S)C2(C)C)CC1. The van der Waals surface area contributed by atoms with E-state index in [0.29, 0.717) is 5.56 Å². The zero-order chi connectivity index (χ0) is 20.7. The minimum absolute atomic E-state index is 0.142. The fourth-order valence-electron chi connectivity index (χ4n) is 4.04. The number of thiocarbonyl (C=S) groups is 1. The van der Waals surface area contributed by atoms with Gasteiger partial charge in [0.1, 0.15) is 5.84 Å². The van der Waals surface area contributed by atoms with E-state index >= 15 is 0 Å². The van der Waals surface area contributed by atoms with Gasteiger partial charge in [0.2, 0.25) is 0 Å². The van der Waals surface area contributed by atoms with Gasteiger partial charge in [-0.2, -0.15) is 5.26 Å². The van der Waals surface area contributed by atoms with Crippen molar-refractivity contribution in [3.8, 4) is 6.07 Å². The molecule has 150 valence electrons. The van der Waals surface area contributed by atoms with Crippen molar-refractivity contribution in [3.05, 3.63) is 29.8 Å². The molecule has 0 bridgehead atoms. The van der Waals surface area contributed by atoms with E-state index < -0.39 is 0 Å². The van der Waals surface area contributed by atoms with E-state index in [1.807, 2.05) is 24.3 Å². The smallest absolute Gasteiger partial charge is 0.127 e. The van der Waals surface area contributed by atoms with E-state index in [1.165, 1.54) is 0 Å². The molecule has 6 heteroatoms. The topological polar surface area (TPSA) is 45.9 Å². The first-order chi connectivity index (χ1) is 13.0. The van der Waals surface area contributed by atoms with Crippen molar-refractivity contribution in [2.24, 2.45) is 10.4 Å². The molecule has 0 aliphatic carbocycles. The second-order valence-corrected chi connectivity index (χ2v) is 9.79. The first kappa shape index (κ1) is 20.9. The second-order valence-electron chi connectivity index (χ2n) is 9.40. The van der Waals surface area contributed by atoms with Gasteiger partial charge in [-0.25, -0.2) is 0 Å². The van der Waals surface area contributed by atoms with Crippen LogP contribution in [0.15, 0.2) is 29.3 Å². The number of nitriles is 1. The molecule has 0 saturated carbocycles. The molecule has 1 unspecified atom stereocenters. The number of rotatable bonds is 2. The fraction of sp³-hybridized carbons (Fsp3) is 0.591. The van der Waals surface area contributed by atoms with Crippen LogP contribution in [0.25, 0.3) is 0 Å². The number of nitrogens with zero attached hydrogens (tertiary/aromatic N) is 5. The summed E-state index contributed by atoms with van der Waals surface area (Å²) in [5.74, 6) is 1.02. The summed E-state index contributed by atoms with van der Waals surface area (Å²) in [7, 11) is 2.18. The summed E-state index contributed by atoms with van der Waals surface area (Å²) in [4.78, 5) is 13.1. The zero-order valence-electron chi connectivity index (χ0n) is 17.9. The van der Waals surface area contributed by atoms with Crippen LogP contribution in [0.1, 0.15) is 40.2 Å². The van der Waals surface area contributed by atoms with Crippen molar-refractivity contribution < 1.29 is 0 Å². The number of amidine groups is 1. The Bertz CT molecular complexity index is 805. The highest BCUT2D eigenvalue weighted by atomic mass is 32.1. The first-order valence-corrected chi connectivity index (χ1v) is 10.3. The minimum Gasteiger partial charge on any atom is -0.304 e. The van der Waals surface area contributed by atoms with Crippen LogP contribution in [0, 0.1) is 16.7 Å². The molecular weight excluding hydrogens is 366 g/mol. The molecule has 0 aromatic heterocycles. The molecule has 1 atom stereocenters. The van der Waals surface area contributed by atoms with Crippen molar-refractivity contribution in [3.63, 3.8) is 0 Å². The van der Waals surface area contributed by atoms with E-state index in [0.717, 1.165) is 42.7 Å². The van der Waals surface area contributed by atoms with E-state index in [2.05, 4.69) is 62.4 Å². The maximum Gasteiger partial charge on any atom is 0.127 e. The molecule has 2 aliphatic heterocycles. The predicted molar refractivity (Wildman–Crippen MR) is 120 cm³/mol. The highest BCUT2D eigenvalue weighted by Gasteiger charge is 2.52. The van der Waals surface area contributed by atoms with Crippen LogP contribution in [0.5, 0.6) is 0 Å². The highest BCUT2D eigenvalue weighted by Crippen LogP contribution is 2.41. The molecule has 1 aromatic rings. The Labute approximate surface area is 174 Å². The number of benzene rings is 1. The van der Waals surface area contributed by atoms with Crippen molar-refractivity contribution in [2.45, 2.75) is 46.2 Å². The van der Waals surface area contributed by atoms with Crippen LogP contribution in [-0.2, 0) is 0 Å². The molecule has 0 amide bonds. The third kappa shape index (κ3) is 3.98. The molecule has 2 aliphatic rings. The fourth-order valence-corrected chi connectivity index (χ4v) is 4.35. The van der Waals surface area contributed by atoms with Gasteiger partial charge in [0.15, 0.2) is 0 Å². The largest absolute Gasteiger partial charge is 0.304 e. The van der Waals surface area contributed by atoms with Gasteiger partial charge in [-0.3, -0.25) is 14.8 Å². The molecule has 2 fully saturated rings. The Morgan fingerprint density at radius 1 is 1.11 bits per heavy atom. The Hall–Kier alpha value is -1.81. The first-order valence-electron chi connectivity index (χ1n) is 9.91. The van der Waals surface area contributed by atoms with Gasteiger partial charge in [-0.15, -0.1) is 0 Å². The van der Waals surface area contributed by atoms with Crippen molar-refractivity contribution in [1.82, 2.24) is 9.80 Å². The lowest BCUT2D eigenvalue weighted by Gasteiger charge is -2.41. The lowest BCUT2D eigenvalue weighted by molar-refractivity contribution is 0.108. The lowest BCUT2D eigenvalue weighted by Crippen LogP contribution is -2.55. The number of hydrogen-bond acceptors (Lipinski definition) is 5. The monoisotopic (exact) mass is 397 g/mol.